The first kappa shape index (κ1) is 8.47. The van der Waals surface area contributed by atoms with Crippen molar-refractivity contribution < 1.29 is 0 Å². The predicted molar refractivity (Wildman–Crippen MR) is 50.8 cm³/mol. The fourth-order valence-electron chi connectivity index (χ4n) is 1.23. The summed E-state index contributed by atoms with van der Waals surface area (Å²) < 4.78 is 1.72. The van der Waals surface area contributed by atoms with Crippen LogP contribution in [-0.4, -0.2) is 21.1 Å². The molecule has 2 aromatic heterocycles. The average molecular weight is 197 g/mol. The van der Waals surface area contributed by atoms with Crippen molar-refractivity contribution in [2.45, 2.75) is 6.42 Å². The molecule has 2 heterocycles. The first-order valence-corrected chi connectivity index (χ1v) is 4.38. The van der Waals surface area contributed by atoms with E-state index in [-0.39, 0.29) is 0 Å². The molecule has 2 aromatic rings. The summed E-state index contributed by atoms with van der Waals surface area (Å²) in [6, 6.07) is 3.90. The second-order valence-electron chi connectivity index (χ2n) is 2.77. The molecule has 0 bridgehead atoms. The summed E-state index contributed by atoms with van der Waals surface area (Å²) in [5.41, 5.74) is 7.35. The van der Waals surface area contributed by atoms with Gasteiger partial charge in [-0.25, -0.2) is 0 Å². The molecule has 0 aromatic carbocycles. The van der Waals surface area contributed by atoms with Crippen LogP contribution in [0.4, 0.5) is 0 Å². The molecule has 0 aliphatic heterocycles. The van der Waals surface area contributed by atoms with E-state index < -0.39 is 0 Å². The Kier molecular flexibility index (Phi) is 2.16. The maximum Gasteiger partial charge on any atom is 0.229 e. The third-order valence-corrected chi connectivity index (χ3v) is 2.12. The third kappa shape index (κ3) is 1.50. The molecule has 0 aliphatic rings. The molecule has 0 spiro atoms. The molecule has 2 rings (SSSR count). The zero-order valence-electron chi connectivity index (χ0n) is 6.94. The highest BCUT2D eigenvalue weighted by Gasteiger charge is 2.01. The Labute approximate surface area is 80.3 Å². The predicted octanol–water partition coefficient (Wildman–Crippen LogP) is 0.884. The first-order valence-electron chi connectivity index (χ1n) is 4.00. The van der Waals surface area contributed by atoms with E-state index >= 15 is 0 Å². The van der Waals surface area contributed by atoms with Gasteiger partial charge in [0, 0.05) is 6.20 Å². The lowest BCUT2D eigenvalue weighted by atomic mass is 10.2. The van der Waals surface area contributed by atoms with Gasteiger partial charge in [0.2, 0.25) is 5.28 Å². The molecule has 0 radical (unpaired) electrons. The van der Waals surface area contributed by atoms with Gasteiger partial charge in [-0.1, -0.05) is 0 Å². The van der Waals surface area contributed by atoms with Crippen molar-refractivity contribution >= 4 is 17.2 Å². The fourth-order valence-corrected chi connectivity index (χ4v) is 1.41. The van der Waals surface area contributed by atoms with Gasteiger partial charge in [0.1, 0.15) is 0 Å². The van der Waals surface area contributed by atoms with Crippen LogP contribution >= 0.6 is 11.6 Å². The van der Waals surface area contributed by atoms with Crippen molar-refractivity contribution in [3.05, 3.63) is 29.2 Å². The van der Waals surface area contributed by atoms with Gasteiger partial charge in [0.05, 0.1) is 0 Å². The van der Waals surface area contributed by atoms with Crippen LogP contribution < -0.4 is 5.73 Å². The van der Waals surface area contributed by atoms with Gasteiger partial charge in [0.25, 0.3) is 0 Å². The molecule has 5 heteroatoms. The summed E-state index contributed by atoms with van der Waals surface area (Å²) >= 11 is 5.77. The van der Waals surface area contributed by atoms with Crippen LogP contribution in [0.15, 0.2) is 18.3 Å². The van der Waals surface area contributed by atoms with Crippen molar-refractivity contribution in [1.29, 1.82) is 0 Å². The van der Waals surface area contributed by atoms with E-state index in [2.05, 4.69) is 10.2 Å². The number of hydrogen-bond donors (Lipinski definition) is 1. The molecule has 4 nitrogen and oxygen atoms in total. The normalized spacial score (nSPS) is 10.9. The highest BCUT2D eigenvalue weighted by atomic mass is 35.5. The number of nitrogens with two attached hydrogens (primary N) is 1. The summed E-state index contributed by atoms with van der Waals surface area (Å²) in [4.78, 5) is 0. The molecule has 68 valence electrons. The maximum absolute atomic E-state index is 5.77. The summed E-state index contributed by atoms with van der Waals surface area (Å²) in [5.74, 6) is 0. The van der Waals surface area contributed by atoms with E-state index in [9.17, 15) is 0 Å². The van der Waals surface area contributed by atoms with Crippen molar-refractivity contribution in [2.24, 2.45) is 5.73 Å². The van der Waals surface area contributed by atoms with E-state index in [1.807, 2.05) is 18.3 Å². The SMILES string of the molecule is NCCc1ccn2c(Cl)nnc2c1. The quantitative estimate of drug-likeness (QED) is 0.776. The van der Waals surface area contributed by atoms with Gasteiger partial charge in [-0.05, 0) is 42.3 Å². The van der Waals surface area contributed by atoms with Crippen molar-refractivity contribution in [3.63, 3.8) is 0 Å². The molecular formula is C8H9ClN4. The minimum absolute atomic E-state index is 0.384. The molecule has 0 saturated heterocycles. The Morgan fingerprint density at radius 3 is 3.08 bits per heavy atom. The Hall–Kier alpha value is -1.13. The zero-order valence-corrected chi connectivity index (χ0v) is 7.70. The Bertz CT molecular complexity index is 423. The zero-order chi connectivity index (χ0) is 9.26. The van der Waals surface area contributed by atoms with Crippen molar-refractivity contribution in [3.8, 4) is 0 Å². The molecule has 0 saturated carbocycles. The fraction of sp³-hybridized carbons (Fsp3) is 0.250. The van der Waals surface area contributed by atoms with E-state index in [1.165, 1.54) is 0 Å². The standard InChI is InChI=1S/C8H9ClN4/c9-8-12-11-7-5-6(1-3-10)2-4-13(7)8/h2,4-5H,1,3,10H2. The molecule has 0 fully saturated rings. The molecule has 0 aliphatic carbocycles. The largest absolute Gasteiger partial charge is 0.330 e. The van der Waals surface area contributed by atoms with Crippen LogP contribution in [0.2, 0.25) is 5.28 Å². The number of pyridine rings is 1. The lowest BCUT2D eigenvalue weighted by Gasteiger charge is -1.98. The van der Waals surface area contributed by atoms with E-state index in [0.29, 0.717) is 11.8 Å². The van der Waals surface area contributed by atoms with Gasteiger partial charge in [-0.15, -0.1) is 10.2 Å². The lowest BCUT2D eigenvalue weighted by molar-refractivity contribution is 0.962. The maximum atomic E-state index is 5.77. The molecule has 13 heavy (non-hydrogen) atoms. The van der Waals surface area contributed by atoms with Crippen molar-refractivity contribution in [1.82, 2.24) is 14.6 Å². The van der Waals surface area contributed by atoms with Crippen molar-refractivity contribution in [2.75, 3.05) is 6.54 Å². The number of hydrogen-bond acceptors (Lipinski definition) is 3. The summed E-state index contributed by atoms with van der Waals surface area (Å²) in [6.07, 6.45) is 2.70. The molecule has 2 N–H and O–H groups in total. The van der Waals surface area contributed by atoms with Crippen LogP contribution in [0.1, 0.15) is 5.56 Å². The number of aromatic nitrogens is 3. The number of fused-ring (bicyclic) bond motifs is 1. The van der Waals surface area contributed by atoms with Gasteiger partial charge in [0.15, 0.2) is 5.65 Å². The second kappa shape index (κ2) is 3.32. The monoisotopic (exact) mass is 196 g/mol. The Morgan fingerprint density at radius 2 is 2.31 bits per heavy atom. The molecular weight excluding hydrogens is 188 g/mol. The Morgan fingerprint density at radius 1 is 1.46 bits per heavy atom. The van der Waals surface area contributed by atoms with E-state index in [1.54, 1.807) is 4.40 Å². The van der Waals surface area contributed by atoms with E-state index in [0.717, 1.165) is 17.6 Å². The van der Waals surface area contributed by atoms with Gasteiger partial charge < -0.3 is 5.73 Å². The smallest absolute Gasteiger partial charge is 0.229 e. The van der Waals surface area contributed by atoms with Crippen LogP contribution in [0.5, 0.6) is 0 Å². The highest BCUT2D eigenvalue weighted by molar-refractivity contribution is 6.28. The molecule has 0 atom stereocenters. The third-order valence-electron chi connectivity index (χ3n) is 1.87. The topological polar surface area (TPSA) is 56.2 Å². The van der Waals surface area contributed by atoms with Crippen LogP contribution in [0.25, 0.3) is 5.65 Å². The summed E-state index contributed by atoms with van der Waals surface area (Å²) in [6.45, 7) is 0.637. The van der Waals surface area contributed by atoms with E-state index in [4.69, 9.17) is 17.3 Å². The number of halogens is 1. The lowest BCUT2D eigenvalue weighted by Crippen LogP contribution is -2.02. The van der Waals surface area contributed by atoms with Gasteiger partial charge in [-0.3, -0.25) is 4.40 Å². The highest BCUT2D eigenvalue weighted by Crippen LogP contribution is 2.10. The number of nitrogens with zero attached hydrogens (tertiary/aromatic N) is 3. The van der Waals surface area contributed by atoms with Crippen LogP contribution in [0, 0.1) is 0 Å². The molecule has 0 unspecified atom stereocenters. The van der Waals surface area contributed by atoms with Crippen LogP contribution in [-0.2, 0) is 6.42 Å². The summed E-state index contributed by atoms with van der Waals surface area (Å²) in [7, 11) is 0. The van der Waals surface area contributed by atoms with Gasteiger partial charge >= 0.3 is 0 Å². The minimum Gasteiger partial charge on any atom is -0.330 e. The Balaban J connectivity index is 2.50. The summed E-state index contributed by atoms with van der Waals surface area (Å²) in [5, 5.41) is 8.03. The van der Waals surface area contributed by atoms with Gasteiger partial charge in [-0.2, -0.15) is 0 Å². The average Bonchev–Trinajstić information content (AvgIpc) is 2.48. The van der Waals surface area contributed by atoms with Crippen LogP contribution in [0.3, 0.4) is 0 Å². The number of rotatable bonds is 2. The first-order chi connectivity index (χ1) is 6.31. The minimum atomic E-state index is 0.384. The second-order valence-corrected chi connectivity index (χ2v) is 3.11. The molecule has 0 amide bonds.